The van der Waals surface area contributed by atoms with Gasteiger partial charge in [-0.1, -0.05) is 37.2 Å². The van der Waals surface area contributed by atoms with Gasteiger partial charge in [0.1, 0.15) is 5.69 Å². The first-order chi connectivity index (χ1) is 10.1. The van der Waals surface area contributed by atoms with E-state index in [9.17, 15) is 0 Å². The molecule has 1 aromatic carbocycles. The minimum absolute atomic E-state index is 0.228. The Morgan fingerprint density at radius 3 is 2.71 bits per heavy atom. The number of pyridine rings is 1. The van der Waals surface area contributed by atoms with Crippen molar-refractivity contribution in [3.05, 3.63) is 40.7 Å². The van der Waals surface area contributed by atoms with E-state index in [0.717, 1.165) is 15.4 Å². The molecule has 0 saturated carbocycles. The van der Waals surface area contributed by atoms with Crippen LogP contribution < -0.4 is 5.73 Å². The van der Waals surface area contributed by atoms with Crippen LogP contribution in [0.5, 0.6) is 0 Å². The van der Waals surface area contributed by atoms with E-state index in [1.165, 1.54) is 0 Å². The van der Waals surface area contributed by atoms with Crippen molar-refractivity contribution in [2.75, 3.05) is 0 Å². The molecule has 0 fully saturated rings. The number of hydrogen-bond donors (Lipinski definition) is 1. The van der Waals surface area contributed by atoms with E-state index >= 15 is 0 Å². The zero-order chi connectivity index (χ0) is 15.0. The average molecular weight is 347 g/mol. The van der Waals surface area contributed by atoms with Crippen molar-refractivity contribution in [3.8, 4) is 11.5 Å². The van der Waals surface area contributed by atoms with Crippen molar-refractivity contribution in [1.29, 1.82) is 0 Å². The number of halogens is 1. The molecule has 0 aliphatic rings. The number of aromatic nitrogens is 3. The predicted molar refractivity (Wildman–Crippen MR) is 84.5 cm³/mol. The highest BCUT2D eigenvalue weighted by Crippen LogP contribution is 2.29. The maximum Gasteiger partial charge on any atom is 0.244 e. The van der Waals surface area contributed by atoms with Crippen molar-refractivity contribution in [2.45, 2.75) is 19.9 Å². The van der Waals surface area contributed by atoms with E-state index in [1.807, 2.05) is 44.2 Å². The largest absolute Gasteiger partial charge is 0.337 e. The maximum absolute atomic E-state index is 6.03. The second kappa shape index (κ2) is 5.54. The molecular formula is C15H15BrN4O. The molecule has 0 amide bonds. The summed E-state index contributed by atoms with van der Waals surface area (Å²) in [4.78, 5) is 8.96. The van der Waals surface area contributed by atoms with Crippen LogP contribution in [0, 0.1) is 5.92 Å². The topological polar surface area (TPSA) is 77.8 Å². The fourth-order valence-corrected chi connectivity index (χ4v) is 2.51. The van der Waals surface area contributed by atoms with Gasteiger partial charge >= 0.3 is 0 Å². The van der Waals surface area contributed by atoms with Crippen LogP contribution in [-0.4, -0.2) is 15.1 Å². The summed E-state index contributed by atoms with van der Waals surface area (Å²) in [6.07, 6.45) is 0. The highest BCUT2D eigenvalue weighted by molar-refractivity contribution is 9.10. The summed E-state index contributed by atoms with van der Waals surface area (Å²) in [5, 5.41) is 5.05. The normalized spacial score (nSPS) is 13.0. The zero-order valence-corrected chi connectivity index (χ0v) is 13.3. The Labute approximate surface area is 130 Å². The van der Waals surface area contributed by atoms with Gasteiger partial charge < -0.3 is 10.3 Å². The lowest BCUT2D eigenvalue weighted by Gasteiger charge is -2.09. The molecule has 2 heterocycles. The van der Waals surface area contributed by atoms with Crippen LogP contribution in [0.1, 0.15) is 25.8 Å². The SMILES string of the molecule is CC(C)[C@@H](N)c1nc(-c2nc3ccccc3cc2Br)no1. The predicted octanol–water partition coefficient (Wildman–Crippen LogP) is 3.70. The number of para-hydroxylation sites is 1. The van der Waals surface area contributed by atoms with Crippen molar-refractivity contribution in [3.63, 3.8) is 0 Å². The number of hydrogen-bond acceptors (Lipinski definition) is 5. The molecule has 0 aliphatic heterocycles. The molecule has 3 rings (SSSR count). The summed E-state index contributed by atoms with van der Waals surface area (Å²) in [5.41, 5.74) is 7.57. The molecule has 0 saturated heterocycles. The molecule has 0 bridgehead atoms. The van der Waals surface area contributed by atoms with E-state index in [4.69, 9.17) is 10.3 Å². The Morgan fingerprint density at radius 2 is 1.95 bits per heavy atom. The minimum atomic E-state index is -0.273. The highest BCUT2D eigenvalue weighted by Gasteiger charge is 2.20. The third-order valence-corrected chi connectivity index (χ3v) is 3.94. The fraction of sp³-hybridized carbons (Fsp3) is 0.267. The number of fused-ring (bicyclic) bond motifs is 1. The third-order valence-electron chi connectivity index (χ3n) is 3.33. The van der Waals surface area contributed by atoms with Crippen molar-refractivity contribution in [1.82, 2.24) is 15.1 Å². The molecule has 0 spiro atoms. The minimum Gasteiger partial charge on any atom is -0.337 e. The van der Waals surface area contributed by atoms with Crippen LogP contribution in [0.15, 0.2) is 39.3 Å². The molecule has 21 heavy (non-hydrogen) atoms. The first-order valence-corrected chi connectivity index (χ1v) is 7.50. The Bertz CT molecular complexity index is 784. The standard InChI is InChI=1S/C15H15BrN4O/c1-8(2)12(17)15-19-14(20-21-15)13-10(16)7-9-5-3-4-6-11(9)18-13/h3-8,12H,17H2,1-2H3/t12-/m1/s1. The molecule has 3 aromatic rings. The van der Waals surface area contributed by atoms with Crippen molar-refractivity contribution in [2.24, 2.45) is 11.7 Å². The van der Waals surface area contributed by atoms with Crippen molar-refractivity contribution >= 4 is 26.8 Å². The van der Waals surface area contributed by atoms with Gasteiger partial charge in [0.25, 0.3) is 0 Å². The van der Waals surface area contributed by atoms with Crippen molar-refractivity contribution < 1.29 is 4.52 Å². The van der Waals surface area contributed by atoms with Gasteiger partial charge in [0.05, 0.1) is 11.6 Å². The van der Waals surface area contributed by atoms with Gasteiger partial charge in [-0.3, -0.25) is 0 Å². The van der Waals surface area contributed by atoms with E-state index in [1.54, 1.807) is 0 Å². The number of benzene rings is 1. The molecule has 2 N–H and O–H groups in total. The van der Waals surface area contributed by atoms with E-state index in [-0.39, 0.29) is 12.0 Å². The van der Waals surface area contributed by atoms with E-state index in [2.05, 4.69) is 31.1 Å². The monoisotopic (exact) mass is 346 g/mol. The van der Waals surface area contributed by atoms with Crippen LogP contribution in [0.4, 0.5) is 0 Å². The smallest absolute Gasteiger partial charge is 0.244 e. The second-order valence-corrected chi connectivity index (χ2v) is 6.09. The number of nitrogens with two attached hydrogens (primary N) is 1. The Balaban J connectivity index is 2.06. The summed E-state index contributed by atoms with van der Waals surface area (Å²) < 4.78 is 6.09. The summed E-state index contributed by atoms with van der Waals surface area (Å²) >= 11 is 3.51. The Morgan fingerprint density at radius 1 is 1.19 bits per heavy atom. The zero-order valence-electron chi connectivity index (χ0n) is 11.7. The number of nitrogens with zero attached hydrogens (tertiary/aromatic N) is 3. The molecule has 6 heteroatoms. The fourth-order valence-electron chi connectivity index (χ4n) is 2.00. The lowest BCUT2D eigenvalue weighted by atomic mass is 10.1. The summed E-state index contributed by atoms with van der Waals surface area (Å²) in [6, 6.07) is 9.61. The second-order valence-electron chi connectivity index (χ2n) is 5.24. The maximum atomic E-state index is 6.03. The molecule has 108 valence electrons. The molecule has 0 aliphatic carbocycles. The van der Waals surface area contributed by atoms with Crippen LogP contribution >= 0.6 is 15.9 Å². The van der Waals surface area contributed by atoms with Gasteiger partial charge in [-0.2, -0.15) is 4.98 Å². The molecular weight excluding hydrogens is 332 g/mol. The van der Waals surface area contributed by atoms with Gasteiger partial charge in [0.2, 0.25) is 11.7 Å². The first-order valence-electron chi connectivity index (χ1n) is 6.71. The van der Waals surface area contributed by atoms with Gasteiger partial charge in [0, 0.05) is 9.86 Å². The van der Waals surface area contributed by atoms with Gasteiger partial charge in [-0.15, -0.1) is 0 Å². The van der Waals surface area contributed by atoms with Crippen LogP contribution in [0.3, 0.4) is 0 Å². The van der Waals surface area contributed by atoms with Gasteiger partial charge in [-0.25, -0.2) is 4.98 Å². The number of rotatable bonds is 3. The highest BCUT2D eigenvalue weighted by atomic mass is 79.9. The Kier molecular flexibility index (Phi) is 3.73. The lowest BCUT2D eigenvalue weighted by molar-refractivity contribution is 0.325. The summed E-state index contributed by atoms with van der Waals surface area (Å²) in [7, 11) is 0. The van der Waals surface area contributed by atoms with E-state index < -0.39 is 0 Å². The van der Waals surface area contributed by atoms with Crippen LogP contribution in [0.25, 0.3) is 22.4 Å². The summed E-state index contributed by atoms with van der Waals surface area (Å²) in [6.45, 7) is 4.03. The lowest BCUT2D eigenvalue weighted by Crippen LogP contribution is -2.16. The summed E-state index contributed by atoms with van der Waals surface area (Å²) in [5.74, 6) is 1.10. The van der Waals surface area contributed by atoms with E-state index in [0.29, 0.717) is 17.4 Å². The van der Waals surface area contributed by atoms with Crippen LogP contribution in [-0.2, 0) is 0 Å². The average Bonchev–Trinajstić information content (AvgIpc) is 2.95. The van der Waals surface area contributed by atoms with Gasteiger partial charge in [-0.05, 0) is 34.0 Å². The molecule has 0 radical (unpaired) electrons. The first kappa shape index (κ1) is 14.2. The van der Waals surface area contributed by atoms with Gasteiger partial charge in [0.15, 0.2) is 0 Å². The third kappa shape index (κ3) is 2.69. The molecule has 5 nitrogen and oxygen atoms in total. The Hall–Kier alpha value is -1.79. The molecule has 1 atom stereocenters. The quantitative estimate of drug-likeness (QED) is 0.782. The van der Waals surface area contributed by atoms with Crippen LogP contribution in [0.2, 0.25) is 0 Å². The molecule has 2 aromatic heterocycles. The molecule has 0 unspecified atom stereocenters.